The Labute approximate surface area is 186 Å². The molecule has 0 fully saturated rings. The van der Waals surface area contributed by atoms with Crippen molar-refractivity contribution in [2.45, 2.75) is 10.1 Å². The summed E-state index contributed by atoms with van der Waals surface area (Å²) in [4.78, 5) is 31.2. The van der Waals surface area contributed by atoms with Gasteiger partial charge in [-0.05, 0) is 48.7 Å². The monoisotopic (exact) mass is 451 g/mol. The molecular weight excluding hydrogens is 433 g/mol. The first kappa shape index (κ1) is 21.1. The van der Waals surface area contributed by atoms with E-state index in [1.165, 1.54) is 16.7 Å². The number of thioether (sulfide) groups is 2. The summed E-state index contributed by atoms with van der Waals surface area (Å²) in [6, 6.07) is 20.4. The predicted octanol–water partition coefficient (Wildman–Crippen LogP) is 4.98. The van der Waals surface area contributed by atoms with Gasteiger partial charge in [-0.3, -0.25) is 14.2 Å². The van der Waals surface area contributed by atoms with Crippen LogP contribution in [0.15, 0.2) is 87.6 Å². The molecule has 0 radical (unpaired) electrons. The van der Waals surface area contributed by atoms with Gasteiger partial charge in [0.2, 0.25) is 5.91 Å². The van der Waals surface area contributed by atoms with Crippen molar-refractivity contribution >= 4 is 46.0 Å². The molecule has 3 aromatic carbocycles. The summed E-state index contributed by atoms with van der Waals surface area (Å²) in [5.41, 5.74) is 0.902. The number of hydrogen-bond acceptors (Lipinski definition) is 5. The van der Waals surface area contributed by atoms with E-state index in [2.05, 4.69) is 10.3 Å². The number of rotatable bonds is 6. The molecule has 0 saturated carbocycles. The van der Waals surface area contributed by atoms with Crippen molar-refractivity contribution in [3.05, 3.63) is 89.0 Å². The molecule has 0 aliphatic rings. The molecule has 8 heteroatoms. The van der Waals surface area contributed by atoms with E-state index in [0.29, 0.717) is 16.6 Å². The standard InChI is InChI=1S/C23H18FN3O2S2/c1-30-16-8-6-7-15(13-16)25-21(28)14-31-23-26-19-11-4-2-9-17(19)22(29)27(23)20-12-5-3-10-18(20)24/h2-13H,14H2,1H3,(H,25,28). The van der Waals surface area contributed by atoms with Gasteiger partial charge >= 0.3 is 0 Å². The number of carbonyl (C=O) groups excluding carboxylic acids is 1. The van der Waals surface area contributed by atoms with Crippen LogP contribution in [0.25, 0.3) is 16.6 Å². The van der Waals surface area contributed by atoms with Crippen LogP contribution in [0.4, 0.5) is 10.1 Å². The highest BCUT2D eigenvalue weighted by Crippen LogP contribution is 2.24. The van der Waals surface area contributed by atoms with E-state index in [0.717, 1.165) is 16.7 Å². The fraction of sp³-hybridized carbons (Fsp3) is 0.0870. The van der Waals surface area contributed by atoms with Crippen LogP contribution < -0.4 is 10.9 Å². The van der Waals surface area contributed by atoms with Crippen molar-refractivity contribution in [3.8, 4) is 5.69 Å². The van der Waals surface area contributed by atoms with E-state index in [-0.39, 0.29) is 28.1 Å². The van der Waals surface area contributed by atoms with E-state index in [9.17, 15) is 14.0 Å². The summed E-state index contributed by atoms with van der Waals surface area (Å²) in [6.07, 6.45) is 1.96. The fourth-order valence-electron chi connectivity index (χ4n) is 3.08. The normalized spacial score (nSPS) is 10.9. The quantitative estimate of drug-likeness (QED) is 0.331. The highest BCUT2D eigenvalue weighted by atomic mass is 32.2. The van der Waals surface area contributed by atoms with E-state index in [4.69, 9.17) is 0 Å². The first-order chi connectivity index (χ1) is 15.1. The van der Waals surface area contributed by atoms with E-state index in [1.54, 1.807) is 48.2 Å². The molecule has 0 aliphatic heterocycles. The van der Waals surface area contributed by atoms with Crippen molar-refractivity contribution in [2.24, 2.45) is 0 Å². The minimum atomic E-state index is -0.540. The number of para-hydroxylation sites is 2. The minimum absolute atomic E-state index is 0.0166. The number of fused-ring (bicyclic) bond motifs is 1. The average Bonchev–Trinajstić information content (AvgIpc) is 2.79. The van der Waals surface area contributed by atoms with E-state index < -0.39 is 5.82 Å². The summed E-state index contributed by atoms with van der Waals surface area (Å²) >= 11 is 2.67. The number of nitrogens with zero attached hydrogens (tertiary/aromatic N) is 2. The second kappa shape index (κ2) is 9.36. The molecule has 0 atom stereocenters. The van der Waals surface area contributed by atoms with Crippen LogP contribution in [0.1, 0.15) is 0 Å². The zero-order chi connectivity index (χ0) is 21.8. The van der Waals surface area contributed by atoms with Gasteiger partial charge in [-0.2, -0.15) is 0 Å². The molecule has 5 nitrogen and oxygen atoms in total. The van der Waals surface area contributed by atoms with Gasteiger partial charge in [0.05, 0.1) is 22.3 Å². The molecule has 0 aliphatic carbocycles. The first-order valence-corrected chi connectivity index (χ1v) is 11.6. The summed E-state index contributed by atoms with van der Waals surface area (Å²) < 4.78 is 15.7. The van der Waals surface area contributed by atoms with Gasteiger partial charge in [-0.1, -0.05) is 42.1 Å². The molecule has 1 aromatic heterocycles. The fourth-order valence-corrected chi connectivity index (χ4v) is 4.35. The third-order valence-electron chi connectivity index (χ3n) is 4.52. The molecule has 4 rings (SSSR count). The predicted molar refractivity (Wildman–Crippen MR) is 125 cm³/mol. The lowest BCUT2D eigenvalue weighted by atomic mass is 10.2. The van der Waals surface area contributed by atoms with E-state index in [1.807, 2.05) is 30.5 Å². The zero-order valence-corrected chi connectivity index (χ0v) is 18.2. The number of halogens is 1. The third kappa shape index (κ3) is 4.65. The van der Waals surface area contributed by atoms with Crippen LogP contribution in [0, 0.1) is 5.82 Å². The van der Waals surface area contributed by atoms with Crippen molar-refractivity contribution in [3.63, 3.8) is 0 Å². The zero-order valence-electron chi connectivity index (χ0n) is 16.5. The Kier molecular flexibility index (Phi) is 6.39. The molecular formula is C23H18FN3O2S2. The number of carbonyl (C=O) groups is 1. The smallest absolute Gasteiger partial charge is 0.266 e. The molecule has 1 amide bonds. The van der Waals surface area contributed by atoms with Crippen LogP contribution in [0.3, 0.4) is 0 Å². The minimum Gasteiger partial charge on any atom is -0.325 e. The van der Waals surface area contributed by atoms with Gasteiger partial charge in [0, 0.05) is 10.6 Å². The number of hydrogen-bond donors (Lipinski definition) is 1. The average molecular weight is 452 g/mol. The lowest BCUT2D eigenvalue weighted by Crippen LogP contribution is -2.23. The number of amides is 1. The molecule has 4 aromatic rings. The molecule has 156 valence electrons. The van der Waals surface area contributed by atoms with Gasteiger partial charge in [-0.15, -0.1) is 11.8 Å². The van der Waals surface area contributed by atoms with Gasteiger partial charge in [0.25, 0.3) is 5.56 Å². The van der Waals surface area contributed by atoms with Gasteiger partial charge < -0.3 is 5.32 Å². The SMILES string of the molecule is CSc1cccc(NC(=O)CSc2nc3ccccc3c(=O)n2-c2ccccc2F)c1. The second-order valence-electron chi connectivity index (χ2n) is 6.57. The van der Waals surface area contributed by atoms with Crippen LogP contribution in [0.5, 0.6) is 0 Å². The Morgan fingerprint density at radius 1 is 1.06 bits per heavy atom. The molecule has 31 heavy (non-hydrogen) atoms. The molecule has 1 N–H and O–H groups in total. The van der Waals surface area contributed by atoms with Crippen molar-refractivity contribution in [1.82, 2.24) is 9.55 Å². The topological polar surface area (TPSA) is 64.0 Å². The van der Waals surface area contributed by atoms with Gasteiger partial charge in [0.15, 0.2) is 5.16 Å². The number of benzene rings is 3. The molecule has 0 unspecified atom stereocenters. The van der Waals surface area contributed by atoms with Crippen LogP contribution >= 0.6 is 23.5 Å². The highest BCUT2D eigenvalue weighted by molar-refractivity contribution is 7.99. The Morgan fingerprint density at radius 2 is 1.84 bits per heavy atom. The maximum atomic E-state index is 14.5. The Bertz CT molecular complexity index is 1320. The number of nitrogens with one attached hydrogen (secondary N) is 1. The van der Waals surface area contributed by atoms with Crippen LogP contribution in [0.2, 0.25) is 0 Å². The maximum absolute atomic E-state index is 14.5. The lowest BCUT2D eigenvalue weighted by Gasteiger charge is -2.14. The summed E-state index contributed by atoms with van der Waals surface area (Å²) in [5, 5.41) is 3.48. The van der Waals surface area contributed by atoms with E-state index >= 15 is 0 Å². The van der Waals surface area contributed by atoms with Crippen LogP contribution in [-0.4, -0.2) is 27.5 Å². The maximum Gasteiger partial charge on any atom is 0.266 e. The van der Waals surface area contributed by atoms with Crippen molar-refractivity contribution < 1.29 is 9.18 Å². The van der Waals surface area contributed by atoms with Gasteiger partial charge in [-0.25, -0.2) is 9.37 Å². The second-order valence-corrected chi connectivity index (χ2v) is 8.39. The van der Waals surface area contributed by atoms with Gasteiger partial charge in [0.1, 0.15) is 5.82 Å². The Hall–Kier alpha value is -3.10. The highest BCUT2D eigenvalue weighted by Gasteiger charge is 2.17. The Balaban J connectivity index is 1.66. The summed E-state index contributed by atoms with van der Waals surface area (Å²) in [5.74, 6) is -0.768. The largest absolute Gasteiger partial charge is 0.325 e. The van der Waals surface area contributed by atoms with Crippen LogP contribution in [-0.2, 0) is 4.79 Å². The third-order valence-corrected chi connectivity index (χ3v) is 6.19. The molecule has 0 spiro atoms. The lowest BCUT2D eigenvalue weighted by molar-refractivity contribution is -0.113. The number of anilines is 1. The summed E-state index contributed by atoms with van der Waals surface area (Å²) in [6.45, 7) is 0. The molecule has 1 heterocycles. The first-order valence-electron chi connectivity index (χ1n) is 9.40. The van der Waals surface area contributed by atoms with Crippen molar-refractivity contribution in [1.29, 1.82) is 0 Å². The number of aromatic nitrogens is 2. The van der Waals surface area contributed by atoms with Crippen molar-refractivity contribution in [2.75, 3.05) is 17.3 Å². The summed E-state index contributed by atoms with van der Waals surface area (Å²) in [7, 11) is 0. The molecule has 0 saturated heterocycles. The molecule has 0 bridgehead atoms. The Morgan fingerprint density at radius 3 is 2.65 bits per heavy atom.